The number of nitrogens with zero attached hydrogens (tertiary/aromatic N) is 1. The van der Waals surface area contributed by atoms with Crippen LogP contribution in [0.1, 0.15) is 18.9 Å². The van der Waals surface area contributed by atoms with Crippen LogP contribution < -0.4 is 5.73 Å². The molecule has 0 spiro atoms. The Labute approximate surface area is 95.1 Å². The minimum absolute atomic E-state index is 0.529. The van der Waals surface area contributed by atoms with Gasteiger partial charge in [-0.3, -0.25) is 4.90 Å². The molecule has 0 unspecified atom stereocenters. The van der Waals surface area contributed by atoms with Crippen molar-refractivity contribution in [3.63, 3.8) is 0 Å². The van der Waals surface area contributed by atoms with Crippen LogP contribution >= 0.6 is 0 Å². The van der Waals surface area contributed by atoms with Crippen LogP contribution in [0, 0.1) is 11.6 Å². The number of rotatable bonds is 6. The summed E-state index contributed by atoms with van der Waals surface area (Å²) in [6.07, 6.45) is 0.998. The number of hydrogen-bond acceptors (Lipinski definition) is 2. The first-order valence-electron chi connectivity index (χ1n) is 5.53. The number of hydrogen-bond donors (Lipinski definition) is 1. The van der Waals surface area contributed by atoms with Crippen molar-refractivity contribution in [1.29, 1.82) is 0 Å². The second-order valence-electron chi connectivity index (χ2n) is 3.84. The molecule has 0 aliphatic heterocycles. The fraction of sp³-hybridized carbons (Fsp3) is 0.500. The van der Waals surface area contributed by atoms with Gasteiger partial charge in [-0.1, -0.05) is 6.92 Å². The van der Waals surface area contributed by atoms with Gasteiger partial charge in [0, 0.05) is 25.7 Å². The first kappa shape index (κ1) is 13.1. The molecule has 0 saturated heterocycles. The summed E-state index contributed by atoms with van der Waals surface area (Å²) in [5.41, 5.74) is 6.14. The highest BCUT2D eigenvalue weighted by atomic mass is 19.1. The average Bonchev–Trinajstić information content (AvgIpc) is 2.16. The van der Waals surface area contributed by atoms with Gasteiger partial charge in [0.1, 0.15) is 11.6 Å². The summed E-state index contributed by atoms with van der Waals surface area (Å²) >= 11 is 0. The zero-order valence-electron chi connectivity index (χ0n) is 9.55. The van der Waals surface area contributed by atoms with Crippen molar-refractivity contribution in [2.45, 2.75) is 19.9 Å². The van der Waals surface area contributed by atoms with Gasteiger partial charge in [0.15, 0.2) is 0 Å². The molecule has 0 aliphatic carbocycles. The van der Waals surface area contributed by atoms with Crippen LogP contribution in [0.2, 0.25) is 0 Å². The molecule has 1 aromatic carbocycles. The maximum absolute atomic E-state index is 13.0. The van der Waals surface area contributed by atoms with E-state index in [9.17, 15) is 8.78 Å². The predicted molar refractivity (Wildman–Crippen MR) is 61.0 cm³/mol. The van der Waals surface area contributed by atoms with Crippen LogP contribution in [0.4, 0.5) is 8.78 Å². The molecule has 1 aromatic rings. The first-order chi connectivity index (χ1) is 7.65. The second-order valence-corrected chi connectivity index (χ2v) is 3.84. The molecule has 0 radical (unpaired) electrons. The van der Waals surface area contributed by atoms with Crippen molar-refractivity contribution in [3.8, 4) is 0 Å². The summed E-state index contributed by atoms with van der Waals surface area (Å²) in [7, 11) is 0. The molecule has 0 fully saturated rings. The van der Waals surface area contributed by atoms with E-state index in [1.165, 1.54) is 12.1 Å². The van der Waals surface area contributed by atoms with Crippen molar-refractivity contribution in [1.82, 2.24) is 4.90 Å². The molecular weight excluding hydrogens is 210 g/mol. The fourth-order valence-corrected chi connectivity index (χ4v) is 1.73. The van der Waals surface area contributed by atoms with E-state index in [1.54, 1.807) is 0 Å². The highest BCUT2D eigenvalue weighted by molar-refractivity contribution is 5.17. The van der Waals surface area contributed by atoms with Gasteiger partial charge in [-0.25, -0.2) is 8.78 Å². The number of benzene rings is 1. The van der Waals surface area contributed by atoms with E-state index < -0.39 is 11.6 Å². The zero-order valence-corrected chi connectivity index (χ0v) is 9.55. The van der Waals surface area contributed by atoms with Gasteiger partial charge in [0.05, 0.1) is 0 Å². The fourth-order valence-electron chi connectivity index (χ4n) is 1.73. The Morgan fingerprint density at radius 1 is 1.12 bits per heavy atom. The zero-order chi connectivity index (χ0) is 12.0. The van der Waals surface area contributed by atoms with Gasteiger partial charge in [-0.15, -0.1) is 0 Å². The average molecular weight is 228 g/mol. The minimum atomic E-state index is -0.529. The van der Waals surface area contributed by atoms with Crippen LogP contribution in [-0.2, 0) is 6.54 Å². The van der Waals surface area contributed by atoms with Gasteiger partial charge in [-0.2, -0.15) is 0 Å². The molecule has 2 nitrogen and oxygen atoms in total. The molecule has 0 saturated carbocycles. The van der Waals surface area contributed by atoms with E-state index in [4.69, 9.17) is 5.73 Å². The summed E-state index contributed by atoms with van der Waals surface area (Å²) in [5, 5.41) is 0. The number of halogens is 2. The Bertz CT molecular complexity index is 303. The van der Waals surface area contributed by atoms with Crippen molar-refractivity contribution < 1.29 is 8.78 Å². The summed E-state index contributed by atoms with van der Waals surface area (Å²) in [6.45, 7) is 4.79. The minimum Gasteiger partial charge on any atom is -0.329 e. The predicted octanol–water partition coefficient (Wildman–Crippen LogP) is 2.14. The molecule has 0 aromatic heterocycles. The molecule has 2 N–H and O–H groups in total. The summed E-state index contributed by atoms with van der Waals surface area (Å²) in [6, 6.07) is 3.61. The SMILES string of the molecule is CCCN(CCN)Cc1cc(F)cc(F)c1. The summed E-state index contributed by atoms with van der Waals surface area (Å²) in [4.78, 5) is 2.09. The lowest BCUT2D eigenvalue weighted by Crippen LogP contribution is -2.29. The molecule has 0 bridgehead atoms. The van der Waals surface area contributed by atoms with Crippen molar-refractivity contribution in [2.24, 2.45) is 5.73 Å². The van der Waals surface area contributed by atoms with E-state index in [0.717, 1.165) is 25.6 Å². The molecule has 0 heterocycles. The molecule has 0 amide bonds. The van der Waals surface area contributed by atoms with Crippen molar-refractivity contribution in [2.75, 3.05) is 19.6 Å². The van der Waals surface area contributed by atoms with Crippen molar-refractivity contribution in [3.05, 3.63) is 35.4 Å². The van der Waals surface area contributed by atoms with Gasteiger partial charge in [-0.05, 0) is 30.7 Å². The van der Waals surface area contributed by atoms with Crippen LogP contribution in [-0.4, -0.2) is 24.5 Å². The van der Waals surface area contributed by atoms with Gasteiger partial charge in [0.25, 0.3) is 0 Å². The summed E-state index contributed by atoms with van der Waals surface area (Å²) in [5.74, 6) is -1.06. The molecule has 0 aliphatic rings. The third-order valence-electron chi connectivity index (χ3n) is 2.31. The third kappa shape index (κ3) is 4.24. The van der Waals surface area contributed by atoms with Crippen LogP contribution in [0.25, 0.3) is 0 Å². The van der Waals surface area contributed by atoms with E-state index in [-0.39, 0.29) is 0 Å². The largest absolute Gasteiger partial charge is 0.329 e. The molecule has 4 heteroatoms. The van der Waals surface area contributed by atoms with Gasteiger partial charge in [0.2, 0.25) is 0 Å². The molecule has 1 rings (SSSR count). The van der Waals surface area contributed by atoms with Crippen LogP contribution in [0.5, 0.6) is 0 Å². The highest BCUT2D eigenvalue weighted by Crippen LogP contribution is 2.10. The van der Waals surface area contributed by atoms with Crippen LogP contribution in [0.3, 0.4) is 0 Å². The van der Waals surface area contributed by atoms with E-state index in [1.807, 2.05) is 0 Å². The molecular formula is C12H18F2N2. The van der Waals surface area contributed by atoms with Crippen molar-refractivity contribution >= 4 is 0 Å². The standard InChI is InChI=1S/C12H18F2N2/c1-2-4-16(5-3-15)9-10-6-11(13)8-12(14)7-10/h6-8H,2-5,9,15H2,1H3. The first-order valence-corrected chi connectivity index (χ1v) is 5.53. The highest BCUT2D eigenvalue weighted by Gasteiger charge is 2.06. The Balaban J connectivity index is 2.68. The Morgan fingerprint density at radius 2 is 1.75 bits per heavy atom. The van der Waals surface area contributed by atoms with Crippen LogP contribution in [0.15, 0.2) is 18.2 Å². The molecule has 0 atom stereocenters. The maximum atomic E-state index is 13.0. The monoisotopic (exact) mass is 228 g/mol. The topological polar surface area (TPSA) is 29.3 Å². The number of nitrogens with two attached hydrogens (primary N) is 1. The quantitative estimate of drug-likeness (QED) is 0.808. The third-order valence-corrected chi connectivity index (χ3v) is 2.31. The summed E-state index contributed by atoms with van der Waals surface area (Å²) < 4.78 is 25.9. The van der Waals surface area contributed by atoms with Gasteiger partial charge < -0.3 is 5.73 Å². The lowest BCUT2D eigenvalue weighted by atomic mass is 10.2. The Hall–Kier alpha value is -1.00. The molecule has 16 heavy (non-hydrogen) atoms. The van der Waals surface area contributed by atoms with Gasteiger partial charge >= 0.3 is 0 Å². The molecule has 90 valence electrons. The lowest BCUT2D eigenvalue weighted by Gasteiger charge is -2.20. The maximum Gasteiger partial charge on any atom is 0.126 e. The normalized spacial score (nSPS) is 11.1. The second kappa shape index (κ2) is 6.55. The Kier molecular flexibility index (Phi) is 5.35. The lowest BCUT2D eigenvalue weighted by molar-refractivity contribution is 0.273. The van der Waals surface area contributed by atoms with E-state index >= 15 is 0 Å². The van der Waals surface area contributed by atoms with E-state index in [0.29, 0.717) is 18.7 Å². The van der Waals surface area contributed by atoms with E-state index in [2.05, 4.69) is 11.8 Å². The Morgan fingerprint density at radius 3 is 2.25 bits per heavy atom. The smallest absolute Gasteiger partial charge is 0.126 e.